The van der Waals surface area contributed by atoms with E-state index in [1.165, 1.54) is 6.33 Å². The van der Waals surface area contributed by atoms with E-state index in [4.69, 9.17) is 13.9 Å². The van der Waals surface area contributed by atoms with Gasteiger partial charge in [0.1, 0.15) is 41.9 Å². The summed E-state index contributed by atoms with van der Waals surface area (Å²) in [5, 5.41) is 2.68. The lowest BCUT2D eigenvalue weighted by atomic mass is 10.2. The first-order valence-electron chi connectivity index (χ1n) is 9.11. The number of nitrogens with one attached hydrogen (secondary N) is 1. The molecule has 0 unspecified atom stereocenters. The molecule has 3 rings (SSSR count). The second-order valence-corrected chi connectivity index (χ2v) is 6.12. The van der Waals surface area contributed by atoms with E-state index in [1.807, 2.05) is 30.3 Å². The Morgan fingerprint density at radius 1 is 1.24 bits per heavy atom. The third-order valence-corrected chi connectivity index (χ3v) is 4.08. The molecule has 9 heteroatoms. The average Bonchev–Trinajstić information content (AvgIpc) is 3.05. The molecule has 29 heavy (non-hydrogen) atoms. The van der Waals surface area contributed by atoms with Crippen LogP contribution in [0.2, 0.25) is 0 Å². The van der Waals surface area contributed by atoms with Crippen molar-refractivity contribution in [2.75, 3.05) is 19.8 Å². The second-order valence-electron chi connectivity index (χ2n) is 6.12. The maximum Gasteiger partial charge on any atom is 0.342 e. The molecule has 3 aromatic rings. The zero-order chi connectivity index (χ0) is 20.8. The number of hydrogen-bond donors (Lipinski definition) is 1. The molecule has 0 radical (unpaired) electrons. The first-order chi connectivity index (χ1) is 14.0. The molecular formula is C20H21N3O6. The van der Waals surface area contributed by atoms with Crippen LogP contribution in [0, 0.1) is 6.92 Å². The van der Waals surface area contributed by atoms with Gasteiger partial charge in [0.05, 0.1) is 13.2 Å². The summed E-state index contributed by atoms with van der Waals surface area (Å²) < 4.78 is 17.0. The Balaban J connectivity index is 1.67. The molecule has 0 spiro atoms. The highest BCUT2D eigenvalue weighted by atomic mass is 16.5. The second kappa shape index (κ2) is 9.05. The number of nitrogens with zero attached hydrogens (tertiary/aromatic N) is 2. The van der Waals surface area contributed by atoms with Crippen molar-refractivity contribution in [3.8, 4) is 5.75 Å². The van der Waals surface area contributed by atoms with Gasteiger partial charge < -0.3 is 19.2 Å². The number of rotatable bonds is 8. The largest absolute Gasteiger partial charge is 0.492 e. The number of benzene rings is 1. The number of esters is 1. The molecule has 9 nitrogen and oxygen atoms in total. The van der Waals surface area contributed by atoms with Crippen LogP contribution in [-0.2, 0) is 16.1 Å². The monoisotopic (exact) mass is 399 g/mol. The Bertz CT molecular complexity index is 1070. The summed E-state index contributed by atoms with van der Waals surface area (Å²) in [7, 11) is 0. The van der Waals surface area contributed by atoms with Gasteiger partial charge in [-0.2, -0.15) is 0 Å². The summed E-state index contributed by atoms with van der Waals surface area (Å²) in [6.45, 7) is 3.69. The number of fused-ring (bicyclic) bond motifs is 1. The predicted molar refractivity (Wildman–Crippen MR) is 104 cm³/mol. The van der Waals surface area contributed by atoms with Gasteiger partial charge in [-0.25, -0.2) is 9.78 Å². The van der Waals surface area contributed by atoms with Gasteiger partial charge in [0.2, 0.25) is 11.6 Å². The molecule has 1 N–H and O–H groups in total. The zero-order valence-corrected chi connectivity index (χ0v) is 16.1. The summed E-state index contributed by atoms with van der Waals surface area (Å²) in [5.74, 6) is -0.108. The van der Waals surface area contributed by atoms with E-state index in [0.29, 0.717) is 5.75 Å². The SMILES string of the molecule is CCOC(=O)c1c(C)oc2ncn(CC(=O)NCCOc3ccccc3)c(=O)c12. The molecule has 0 atom stereocenters. The topological polar surface area (TPSA) is 113 Å². The van der Waals surface area contributed by atoms with E-state index in [0.717, 1.165) is 4.57 Å². The third kappa shape index (κ3) is 4.63. The van der Waals surface area contributed by atoms with Crippen LogP contribution in [-0.4, -0.2) is 41.2 Å². The van der Waals surface area contributed by atoms with Crippen molar-refractivity contribution in [2.24, 2.45) is 0 Å². The van der Waals surface area contributed by atoms with Crippen molar-refractivity contribution >= 4 is 23.0 Å². The lowest BCUT2D eigenvalue weighted by Crippen LogP contribution is -2.34. The predicted octanol–water partition coefficient (Wildman–Crippen LogP) is 1.67. The number of amides is 1. The molecular weight excluding hydrogens is 378 g/mol. The lowest BCUT2D eigenvalue weighted by Gasteiger charge is -2.09. The summed E-state index contributed by atoms with van der Waals surface area (Å²) in [4.78, 5) is 41.1. The van der Waals surface area contributed by atoms with Crippen molar-refractivity contribution in [2.45, 2.75) is 20.4 Å². The maximum atomic E-state index is 12.8. The molecule has 0 aliphatic rings. The van der Waals surface area contributed by atoms with Gasteiger partial charge in [0, 0.05) is 0 Å². The number of hydrogen-bond acceptors (Lipinski definition) is 7. The summed E-state index contributed by atoms with van der Waals surface area (Å²) in [6.07, 6.45) is 1.21. The fourth-order valence-corrected chi connectivity index (χ4v) is 2.79. The summed E-state index contributed by atoms with van der Waals surface area (Å²) in [5.41, 5.74) is -0.487. The van der Waals surface area contributed by atoms with Crippen molar-refractivity contribution in [3.63, 3.8) is 0 Å². The van der Waals surface area contributed by atoms with E-state index >= 15 is 0 Å². The summed E-state index contributed by atoms with van der Waals surface area (Å²) in [6, 6.07) is 9.22. The van der Waals surface area contributed by atoms with Crippen molar-refractivity contribution < 1.29 is 23.5 Å². The molecule has 2 aromatic heterocycles. The standard InChI is InChI=1S/C20H21N3O6/c1-3-27-20(26)16-13(2)29-18-17(16)19(25)23(12-22-18)11-15(24)21-9-10-28-14-7-5-4-6-8-14/h4-8,12H,3,9-11H2,1-2H3,(H,21,24). The fraction of sp³-hybridized carbons (Fsp3) is 0.300. The van der Waals surface area contributed by atoms with Crippen LogP contribution in [0.1, 0.15) is 23.0 Å². The van der Waals surface area contributed by atoms with E-state index in [2.05, 4.69) is 10.3 Å². The first kappa shape index (κ1) is 20.1. The number of aryl methyl sites for hydroxylation is 1. The number of para-hydroxylation sites is 1. The molecule has 0 aliphatic carbocycles. The Hall–Kier alpha value is -3.62. The minimum absolute atomic E-state index is 0.00339. The van der Waals surface area contributed by atoms with Gasteiger partial charge in [0.15, 0.2) is 0 Å². The van der Waals surface area contributed by atoms with Crippen LogP contribution >= 0.6 is 0 Å². The minimum atomic E-state index is -0.664. The van der Waals surface area contributed by atoms with Gasteiger partial charge in [-0.05, 0) is 26.0 Å². The maximum absolute atomic E-state index is 12.8. The van der Waals surface area contributed by atoms with Gasteiger partial charge in [-0.15, -0.1) is 0 Å². The number of furan rings is 1. The van der Waals surface area contributed by atoms with E-state index in [-0.39, 0.29) is 54.6 Å². The molecule has 0 fully saturated rings. The highest BCUT2D eigenvalue weighted by Gasteiger charge is 2.24. The van der Waals surface area contributed by atoms with Crippen LogP contribution in [0.3, 0.4) is 0 Å². The Morgan fingerprint density at radius 2 is 2.00 bits per heavy atom. The van der Waals surface area contributed by atoms with E-state index in [1.54, 1.807) is 13.8 Å². The van der Waals surface area contributed by atoms with Crippen LogP contribution in [0.4, 0.5) is 0 Å². The van der Waals surface area contributed by atoms with Gasteiger partial charge in [-0.3, -0.25) is 14.2 Å². The number of aromatic nitrogens is 2. The highest BCUT2D eigenvalue weighted by Crippen LogP contribution is 2.21. The molecule has 0 saturated carbocycles. The molecule has 1 aromatic carbocycles. The van der Waals surface area contributed by atoms with E-state index in [9.17, 15) is 14.4 Å². The normalized spacial score (nSPS) is 10.7. The molecule has 0 saturated heterocycles. The zero-order valence-electron chi connectivity index (χ0n) is 16.1. The molecule has 0 aliphatic heterocycles. The number of carbonyl (C=O) groups is 2. The molecule has 2 heterocycles. The number of carbonyl (C=O) groups excluding carboxylic acids is 2. The van der Waals surface area contributed by atoms with Crippen LogP contribution in [0.15, 0.2) is 45.9 Å². The highest BCUT2D eigenvalue weighted by molar-refractivity contribution is 6.03. The van der Waals surface area contributed by atoms with Crippen LogP contribution in [0.5, 0.6) is 5.75 Å². The van der Waals surface area contributed by atoms with E-state index < -0.39 is 11.5 Å². The molecule has 0 bridgehead atoms. The first-order valence-corrected chi connectivity index (χ1v) is 9.11. The van der Waals surface area contributed by atoms with Gasteiger partial charge >= 0.3 is 5.97 Å². The van der Waals surface area contributed by atoms with Gasteiger partial charge in [0.25, 0.3) is 5.56 Å². The molecule has 152 valence electrons. The van der Waals surface area contributed by atoms with Gasteiger partial charge in [-0.1, -0.05) is 18.2 Å². The Kier molecular flexibility index (Phi) is 6.28. The number of ether oxygens (including phenoxy) is 2. The van der Waals surface area contributed by atoms with Crippen molar-refractivity contribution in [3.05, 3.63) is 58.3 Å². The minimum Gasteiger partial charge on any atom is -0.492 e. The summed E-state index contributed by atoms with van der Waals surface area (Å²) >= 11 is 0. The average molecular weight is 399 g/mol. The molecule has 1 amide bonds. The quantitative estimate of drug-likeness (QED) is 0.453. The smallest absolute Gasteiger partial charge is 0.342 e. The van der Waals surface area contributed by atoms with Crippen LogP contribution < -0.4 is 15.6 Å². The third-order valence-electron chi connectivity index (χ3n) is 4.08. The Labute approximate surface area is 166 Å². The lowest BCUT2D eigenvalue weighted by molar-refractivity contribution is -0.121. The van der Waals surface area contributed by atoms with Crippen molar-refractivity contribution in [1.82, 2.24) is 14.9 Å². The Morgan fingerprint density at radius 3 is 2.72 bits per heavy atom. The fourth-order valence-electron chi connectivity index (χ4n) is 2.79. The van der Waals surface area contributed by atoms with Crippen LogP contribution in [0.25, 0.3) is 11.1 Å². The van der Waals surface area contributed by atoms with Crippen molar-refractivity contribution in [1.29, 1.82) is 0 Å².